The summed E-state index contributed by atoms with van der Waals surface area (Å²) in [5, 5.41) is 0. The van der Waals surface area contributed by atoms with E-state index in [-0.39, 0.29) is 5.56 Å². The first-order valence-electron chi connectivity index (χ1n) is 4.15. The van der Waals surface area contributed by atoms with Gasteiger partial charge in [-0.2, -0.15) is 0 Å². The zero-order valence-electron chi connectivity index (χ0n) is 7.34. The van der Waals surface area contributed by atoms with Crippen molar-refractivity contribution in [2.45, 2.75) is 19.3 Å². The lowest BCUT2D eigenvalue weighted by atomic mass is 10.1. The topological polar surface area (TPSA) is 17.1 Å². The van der Waals surface area contributed by atoms with Crippen LogP contribution in [-0.2, 0) is 11.2 Å². The molecule has 1 rings (SSSR count). The monoisotopic (exact) mass is 262 g/mol. The minimum Gasteiger partial charge on any atom is -0.303 e. The normalized spacial score (nSPS) is 10.6. The Balaban J connectivity index is 2.88. The molecule has 1 aromatic carbocycles. The Bertz CT molecular complexity index is 326. The highest BCUT2D eigenvalue weighted by molar-refractivity contribution is 9.10. The molecule has 0 fully saturated rings. The second kappa shape index (κ2) is 5.20. The van der Waals surface area contributed by atoms with Gasteiger partial charge in [-0.3, -0.25) is 0 Å². The van der Waals surface area contributed by atoms with E-state index in [9.17, 15) is 13.6 Å². The standard InChI is InChI=1S/C10H9BrF2O/c11-9-4-3-7(2-1-5-14)6-8(9)10(12)13/h3-6,10H,1-2H2. The number of carbonyl (C=O) groups is 1. The van der Waals surface area contributed by atoms with Crippen molar-refractivity contribution in [3.05, 3.63) is 33.8 Å². The maximum atomic E-state index is 12.4. The van der Waals surface area contributed by atoms with Crippen LogP contribution in [0.25, 0.3) is 0 Å². The number of hydrogen-bond acceptors (Lipinski definition) is 1. The Hall–Kier alpha value is -0.770. The molecule has 0 spiro atoms. The molecule has 0 amide bonds. The summed E-state index contributed by atoms with van der Waals surface area (Å²) in [5.74, 6) is 0. The third kappa shape index (κ3) is 2.87. The van der Waals surface area contributed by atoms with E-state index in [1.54, 1.807) is 12.1 Å². The lowest BCUT2D eigenvalue weighted by molar-refractivity contribution is -0.107. The molecule has 4 heteroatoms. The molecule has 1 nitrogen and oxygen atoms in total. The van der Waals surface area contributed by atoms with Crippen molar-refractivity contribution in [1.82, 2.24) is 0 Å². The molecular weight excluding hydrogens is 254 g/mol. The SMILES string of the molecule is O=CCCc1ccc(Br)c(C(F)F)c1. The first-order chi connectivity index (χ1) is 6.65. The van der Waals surface area contributed by atoms with Gasteiger partial charge in [0.05, 0.1) is 0 Å². The molecule has 0 aliphatic rings. The number of hydrogen-bond donors (Lipinski definition) is 0. The van der Waals surface area contributed by atoms with E-state index < -0.39 is 6.43 Å². The molecule has 14 heavy (non-hydrogen) atoms. The van der Waals surface area contributed by atoms with Gasteiger partial charge in [0, 0.05) is 16.5 Å². The summed E-state index contributed by atoms with van der Waals surface area (Å²) in [7, 11) is 0. The van der Waals surface area contributed by atoms with E-state index in [2.05, 4.69) is 15.9 Å². The van der Waals surface area contributed by atoms with Crippen LogP contribution in [-0.4, -0.2) is 6.29 Å². The van der Waals surface area contributed by atoms with Crippen molar-refractivity contribution in [3.8, 4) is 0 Å². The molecule has 0 aliphatic heterocycles. The average Bonchev–Trinajstić information content (AvgIpc) is 2.16. The molecular formula is C10H9BrF2O. The smallest absolute Gasteiger partial charge is 0.264 e. The molecule has 76 valence electrons. The quantitative estimate of drug-likeness (QED) is 0.759. The maximum Gasteiger partial charge on any atom is 0.264 e. The Kier molecular flexibility index (Phi) is 4.20. The van der Waals surface area contributed by atoms with E-state index in [1.807, 2.05) is 0 Å². The number of halogens is 3. The fourth-order valence-electron chi connectivity index (χ4n) is 1.14. The van der Waals surface area contributed by atoms with Crippen molar-refractivity contribution in [1.29, 1.82) is 0 Å². The van der Waals surface area contributed by atoms with Gasteiger partial charge in [-0.15, -0.1) is 0 Å². The second-order valence-electron chi connectivity index (χ2n) is 2.86. The summed E-state index contributed by atoms with van der Waals surface area (Å²) in [6, 6.07) is 4.75. The van der Waals surface area contributed by atoms with Crippen molar-refractivity contribution >= 4 is 22.2 Å². The molecule has 0 unspecified atom stereocenters. The molecule has 0 N–H and O–H groups in total. The summed E-state index contributed by atoms with van der Waals surface area (Å²) in [6.45, 7) is 0. The van der Waals surface area contributed by atoms with Crippen LogP contribution in [0.4, 0.5) is 8.78 Å². The summed E-state index contributed by atoms with van der Waals surface area (Å²) in [5.41, 5.74) is 0.740. The predicted molar refractivity (Wildman–Crippen MR) is 53.5 cm³/mol. The molecule has 0 aliphatic carbocycles. The van der Waals surface area contributed by atoms with E-state index in [0.29, 0.717) is 17.3 Å². The van der Waals surface area contributed by atoms with Gasteiger partial charge in [0.1, 0.15) is 6.29 Å². The zero-order chi connectivity index (χ0) is 10.6. The van der Waals surface area contributed by atoms with Gasteiger partial charge in [-0.05, 0) is 24.1 Å². The minimum atomic E-state index is -2.49. The van der Waals surface area contributed by atoms with Gasteiger partial charge in [0.25, 0.3) is 6.43 Å². The molecule has 0 radical (unpaired) electrons. The Labute approximate surface area is 89.3 Å². The molecule has 0 aromatic heterocycles. The summed E-state index contributed by atoms with van der Waals surface area (Å²) in [4.78, 5) is 10.1. The second-order valence-corrected chi connectivity index (χ2v) is 3.72. The lowest BCUT2D eigenvalue weighted by Gasteiger charge is -2.05. The number of alkyl halides is 2. The third-order valence-electron chi connectivity index (χ3n) is 1.85. The first kappa shape index (κ1) is 11.3. The molecule has 0 bridgehead atoms. The summed E-state index contributed by atoms with van der Waals surface area (Å²) < 4.78 is 25.3. The molecule has 0 saturated heterocycles. The predicted octanol–water partition coefficient (Wildman–Crippen LogP) is 3.52. The zero-order valence-corrected chi connectivity index (χ0v) is 8.93. The highest BCUT2D eigenvalue weighted by Crippen LogP contribution is 2.28. The Morgan fingerprint density at radius 2 is 2.14 bits per heavy atom. The fraction of sp³-hybridized carbons (Fsp3) is 0.300. The van der Waals surface area contributed by atoms with Crippen LogP contribution in [0.5, 0.6) is 0 Å². The molecule has 0 saturated carbocycles. The van der Waals surface area contributed by atoms with E-state index in [0.717, 1.165) is 11.8 Å². The van der Waals surface area contributed by atoms with E-state index in [1.165, 1.54) is 6.07 Å². The van der Waals surface area contributed by atoms with Crippen LogP contribution >= 0.6 is 15.9 Å². The van der Waals surface area contributed by atoms with Crippen molar-refractivity contribution in [2.24, 2.45) is 0 Å². The van der Waals surface area contributed by atoms with Crippen LogP contribution < -0.4 is 0 Å². The highest BCUT2D eigenvalue weighted by Gasteiger charge is 2.11. The summed E-state index contributed by atoms with van der Waals surface area (Å²) >= 11 is 3.05. The Morgan fingerprint density at radius 1 is 1.43 bits per heavy atom. The third-order valence-corrected chi connectivity index (χ3v) is 2.57. The van der Waals surface area contributed by atoms with Crippen LogP contribution in [0.3, 0.4) is 0 Å². The molecule has 0 atom stereocenters. The summed E-state index contributed by atoms with van der Waals surface area (Å²) in [6.07, 6.45) is -0.828. The number of aryl methyl sites for hydroxylation is 1. The average molecular weight is 263 g/mol. The van der Waals surface area contributed by atoms with E-state index in [4.69, 9.17) is 0 Å². The van der Waals surface area contributed by atoms with Crippen molar-refractivity contribution in [2.75, 3.05) is 0 Å². The number of benzene rings is 1. The van der Waals surface area contributed by atoms with Crippen LogP contribution in [0.1, 0.15) is 24.0 Å². The van der Waals surface area contributed by atoms with Crippen molar-refractivity contribution in [3.63, 3.8) is 0 Å². The number of carbonyl (C=O) groups excluding carboxylic acids is 1. The van der Waals surface area contributed by atoms with Gasteiger partial charge in [0.15, 0.2) is 0 Å². The lowest BCUT2D eigenvalue weighted by Crippen LogP contribution is -1.91. The van der Waals surface area contributed by atoms with Gasteiger partial charge in [0.2, 0.25) is 0 Å². The van der Waals surface area contributed by atoms with Crippen LogP contribution in [0.2, 0.25) is 0 Å². The molecule has 1 aromatic rings. The fourth-order valence-corrected chi connectivity index (χ4v) is 1.56. The molecule has 0 heterocycles. The number of aldehydes is 1. The minimum absolute atomic E-state index is 0.0200. The maximum absolute atomic E-state index is 12.4. The van der Waals surface area contributed by atoms with Gasteiger partial charge in [-0.1, -0.05) is 22.0 Å². The van der Waals surface area contributed by atoms with E-state index >= 15 is 0 Å². The van der Waals surface area contributed by atoms with Crippen LogP contribution in [0, 0.1) is 0 Å². The van der Waals surface area contributed by atoms with Crippen LogP contribution in [0.15, 0.2) is 22.7 Å². The van der Waals surface area contributed by atoms with Gasteiger partial charge < -0.3 is 4.79 Å². The largest absolute Gasteiger partial charge is 0.303 e. The number of rotatable bonds is 4. The van der Waals surface area contributed by atoms with Gasteiger partial charge >= 0.3 is 0 Å². The Morgan fingerprint density at radius 3 is 2.71 bits per heavy atom. The van der Waals surface area contributed by atoms with Crippen molar-refractivity contribution < 1.29 is 13.6 Å². The van der Waals surface area contributed by atoms with Gasteiger partial charge in [-0.25, -0.2) is 8.78 Å². The first-order valence-corrected chi connectivity index (χ1v) is 4.94. The highest BCUT2D eigenvalue weighted by atomic mass is 79.9.